The average Bonchev–Trinajstić information content (AvgIpc) is 3.09. The smallest absolute Gasteiger partial charge is 0.236 e. The van der Waals surface area contributed by atoms with Crippen LogP contribution in [0.3, 0.4) is 0 Å². The third-order valence-corrected chi connectivity index (χ3v) is 4.22. The molecule has 11 heteroatoms. The van der Waals surface area contributed by atoms with Crippen LogP contribution >= 0.6 is 0 Å². The van der Waals surface area contributed by atoms with E-state index >= 15 is 0 Å². The van der Waals surface area contributed by atoms with Gasteiger partial charge < -0.3 is 30.9 Å². The molecule has 2 aromatic rings. The van der Waals surface area contributed by atoms with E-state index in [2.05, 4.69) is 15.0 Å². The second kappa shape index (κ2) is 6.28. The van der Waals surface area contributed by atoms with E-state index in [0.717, 1.165) is 10.9 Å². The first kappa shape index (κ1) is 17.6. The Bertz CT molecular complexity index is 795. The number of aliphatic hydroxyl groups excluding tert-OH is 4. The largest absolute Gasteiger partial charge is 0.394 e. The number of anilines is 1. The fourth-order valence-corrected chi connectivity index (χ4v) is 3.03. The molecular formula is C14H19N5O6. The molecule has 0 saturated carbocycles. The molecule has 0 spiro atoms. The number of aromatic nitrogens is 4. The van der Waals surface area contributed by atoms with Gasteiger partial charge in [-0.05, 0) is 6.92 Å². The summed E-state index contributed by atoms with van der Waals surface area (Å²) in [6, 6.07) is 0. The minimum absolute atomic E-state index is 0.0635. The van der Waals surface area contributed by atoms with Crippen LogP contribution in [0.5, 0.6) is 0 Å². The van der Waals surface area contributed by atoms with Crippen molar-refractivity contribution in [3.8, 4) is 0 Å². The monoisotopic (exact) mass is 353 g/mol. The van der Waals surface area contributed by atoms with E-state index in [1.807, 2.05) is 0 Å². The lowest BCUT2D eigenvalue weighted by Gasteiger charge is -2.32. The SMILES string of the molecule is CC(O)CC(=O)[C@@]1(n2cnc3c(N)ncnc32)O[C@H](CO)[C@@H](O)[C@H]1O. The molecule has 2 aromatic heterocycles. The van der Waals surface area contributed by atoms with Crippen molar-refractivity contribution in [1.82, 2.24) is 19.5 Å². The highest BCUT2D eigenvalue weighted by molar-refractivity contribution is 5.90. The minimum Gasteiger partial charge on any atom is -0.394 e. The van der Waals surface area contributed by atoms with E-state index in [1.54, 1.807) is 0 Å². The normalized spacial score (nSPS) is 30.7. The molecule has 1 aliphatic rings. The van der Waals surface area contributed by atoms with Crippen LogP contribution in [0.15, 0.2) is 12.7 Å². The number of fused-ring (bicyclic) bond motifs is 1. The number of Topliss-reactive ketones (excluding diaryl/α,β-unsaturated/α-hetero) is 1. The molecule has 3 heterocycles. The molecule has 25 heavy (non-hydrogen) atoms. The van der Waals surface area contributed by atoms with E-state index in [-0.39, 0.29) is 23.4 Å². The number of rotatable bonds is 5. The topological polar surface area (TPSA) is 177 Å². The maximum Gasteiger partial charge on any atom is 0.236 e. The lowest BCUT2D eigenvalue weighted by atomic mass is 9.94. The highest BCUT2D eigenvalue weighted by atomic mass is 16.6. The van der Waals surface area contributed by atoms with E-state index in [1.165, 1.54) is 13.3 Å². The zero-order valence-corrected chi connectivity index (χ0v) is 13.3. The molecule has 1 fully saturated rings. The average molecular weight is 353 g/mol. The first-order chi connectivity index (χ1) is 11.8. The summed E-state index contributed by atoms with van der Waals surface area (Å²) < 4.78 is 6.74. The number of carbonyl (C=O) groups excluding carboxylic acids is 1. The van der Waals surface area contributed by atoms with Gasteiger partial charge in [-0.3, -0.25) is 9.36 Å². The Kier molecular flexibility index (Phi) is 4.43. The Morgan fingerprint density at radius 1 is 1.44 bits per heavy atom. The molecule has 0 aliphatic carbocycles. The van der Waals surface area contributed by atoms with Gasteiger partial charge in [0.15, 0.2) is 17.2 Å². The van der Waals surface area contributed by atoms with Crippen molar-refractivity contribution in [3.63, 3.8) is 0 Å². The van der Waals surface area contributed by atoms with Gasteiger partial charge in [0.1, 0.15) is 36.5 Å². The Labute approximate surface area is 141 Å². The fraction of sp³-hybridized carbons (Fsp3) is 0.571. The van der Waals surface area contributed by atoms with Gasteiger partial charge in [-0.2, -0.15) is 0 Å². The lowest BCUT2D eigenvalue weighted by molar-refractivity contribution is -0.175. The molecule has 11 nitrogen and oxygen atoms in total. The summed E-state index contributed by atoms with van der Waals surface area (Å²) in [6.45, 7) is 0.782. The third kappa shape index (κ3) is 2.56. The number of nitrogen functional groups attached to an aromatic ring is 1. The summed E-state index contributed by atoms with van der Waals surface area (Å²) in [7, 11) is 0. The first-order valence-electron chi connectivity index (χ1n) is 7.63. The lowest BCUT2D eigenvalue weighted by Crippen LogP contribution is -2.52. The Morgan fingerprint density at radius 2 is 2.16 bits per heavy atom. The summed E-state index contributed by atoms with van der Waals surface area (Å²) in [5, 5.41) is 39.7. The number of hydrogen-bond acceptors (Lipinski definition) is 10. The highest BCUT2D eigenvalue weighted by Crippen LogP contribution is 2.39. The summed E-state index contributed by atoms with van der Waals surface area (Å²) in [5.74, 6) is -0.643. The molecule has 1 aliphatic heterocycles. The van der Waals surface area contributed by atoms with E-state index in [4.69, 9.17) is 10.5 Å². The number of aliphatic hydroxyl groups is 4. The molecule has 3 rings (SSSR count). The van der Waals surface area contributed by atoms with Crippen molar-refractivity contribution in [2.75, 3.05) is 12.3 Å². The quantitative estimate of drug-likeness (QED) is 0.386. The first-order valence-corrected chi connectivity index (χ1v) is 7.63. The van der Waals surface area contributed by atoms with Crippen LogP contribution in [0, 0.1) is 0 Å². The summed E-state index contributed by atoms with van der Waals surface area (Å²) in [6.07, 6.45) is -3.48. The summed E-state index contributed by atoms with van der Waals surface area (Å²) in [4.78, 5) is 24.7. The molecule has 0 amide bonds. The number of ether oxygens (including phenoxy) is 1. The third-order valence-electron chi connectivity index (χ3n) is 4.22. The van der Waals surface area contributed by atoms with Crippen LogP contribution in [0.4, 0.5) is 5.82 Å². The zero-order chi connectivity index (χ0) is 18.4. The van der Waals surface area contributed by atoms with Gasteiger partial charge >= 0.3 is 0 Å². The van der Waals surface area contributed by atoms with E-state index in [9.17, 15) is 25.2 Å². The predicted molar refractivity (Wildman–Crippen MR) is 83.0 cm³/mol. The van der Waals surface area contributed by atoms with Crippen LogP contribution in [0.1, 0.15) is 13.3 Å². The van der Waals surface area contributed by atoms with Gasteiger partial charge in [-0.1, -0.05) is 0 Å². The van der Waals surface area contributed by atoms with Crippen molar-refractivity contribution in [2.45, 2.75) is 43.5 Å². The van der Waals surface area contributed by atoms with E-state index in [0.29, 0.717) is 0 Å². The van der Waals surface area contributed by atoms with Gasteiger partial charge in [0.05, 0.1) is 12.7 Å². The van der Waals surface area contributed by atoms with Crippen LogP contribution in [0.2, 0.25) is 0 Å². The van der Waals surface area contributed by atoms with Crippen LogP contribution in [-0.4, -0.2) is 76.8 Å². The van der Waals surface area contributed by atoms with Crippen molar-refractivity contribution in [1.29, 1.82) is 0 Å². The predicted octanol–water partition coefficient (Wildman–Crippen LogP) is -2.49. The van der Waals surface area contributed by atoms with Crippen molar-refractivity contribution < 1.29 is 30.0 Å². The molecule has 5 atom stereocenters. The number of imidazole rings is 1. The molecule has 136 valence electrons. The molecule has 1 saturated heterocycles. The summed E-state index contributed by atoms with van der Waals surface area (Å²) in [5.41, 5.74) is 3.92. The molecule has 0 bridgehead atoms. The minimum atomic E-state index is -2.11. The molecular weight excluding hydrogens is 334 g/mol. The fourth-order valence-electron chi connectivity index (χ4n) is 3.03. The summed E-state index contributed by atoms with van der Waals surface area (Å²) >= 11 is 0. The number of ketones is 1. The maximum atomic E-state index is 12.9. The maximum absolute atomic E-state index is 12.9. The molecule has 1 unspecified atom stereocenters. The van der Waals surface area contributed by atoms with Crippen molar-refractivity contribution >= 4 is 22.8 Å². The molecule has 0 aromatic carbocycles. The van der Waals surface area contributed by atoms with Crippen LogP contribution in [-0.2, 0) is 15.3 Å². The van der Waals surface area contributed by atoms with Gasteiger partial charge in [-0.25, -0.2) is 15.0 Å². The number of nitrogens with zero attached hydrogens (tertiary/aromatic N) is 4. The Morgan fingerprint density at radius 3 is 2.76 bits per heavy atom. The molecule has 6 N–H and O–H groups in total. The Hall–Kier alpha value is -2.18. The standard InChI is InChI=1S/C14H19N5O6/c1-6(21)2-8(22)14(11(24)10(23)7(3-20)25-14)19-5-18-9-12(15)16-4-17-13(9)19/h4-7,10-11,20-21,23-24H,2-3H2,1H3,(H2,15,16,17)/t6?,7-,10-,11-,14-/m1/s1. The second-order valence-electron chi connectivity index (χ2n) is 5.99. The van der Waals surface area contributed by atoms with Gasteiger partial charge in [0.2, 0.25) is 5.72 Å². The van der Waals surface area contributed by atoms with Crippen molar-refractivity contribution in [2.24, 2.45) is 0 Å². The number of carbonyl (C=O) groups is 1. The van der Waals surface area contributed by atoms with Gasteiger partial charge in [-0.15, -0.1) is 0 Å². The molecule has 0 radical (unpaired) electrons. The van der Waals surface area contributed by atoms with Gasteiger partial charge in [0, 0.05) is 6.42 Å². The van der Waals surface area contributed by atoms with Crippen LogP contribution < -0.4 is 5.73 Å². The number of nitrogens with two attached hydrogens (primary N) is 1. The van der Waals surface area contributed by atoms with E-state index < -0.39 is 42.5 Å². The zero-order valence-electron chi connectivity index (χ0n) is 13.3. The second-order valence-corrected chi connectivity index (χ2v) is 5.99. The van der Waals surface area contributed by atoms with Crippen LogP contribution in [0.25, 0.3) is 11.2 Å². The van der Waals surface area contributed by atoms with Crippen molar-refractivity contribution in [3.05, 3.63) is 12.7 Å². The Balaban J connectivity index is 2.21. The number of hydrogen-bond donors (Lipinski definition) is 5. The van der Waals surface area contributed by atoms with Gasteiger partial charge in [0.25, 0.3) is 0 Å². The highest BCUT2D eigenvalue weighted by Gasteiger charge is 2.60.